The predicted octanol–water partition coefficient (Wildman–Crippen LogP) is 7.39. The van der Waals surface area contributed by atoms with E-state index < -0.39 is 5.60 Å². The maximum atomic E-state index is 12.4. The third-order valence-electron chi connectivity index (χ3n) is 11.4. The minimum absolute atomic E-state index is 0.0600. The Kier molecular flexibility index (Phi) is 8.35. The van der Waals surface area contributed by atoms with Gasteiger partial charge in [-0.25, -0.2) is 0 Å². The molecule has 0 aliphatic heterocycles. The second-order valence-electron chi connectivity index (χ2n) is 13.3. The zero-order valence-corrected chi connectivity index (χ0v) is 22.4. The Morgan fingerprint density at radius 3 is 2.15 bits per heavy atom. The van der Waals surface area contributed by atoms with Gasteiger partial charge < -0.3 is 10.2 Å². The first-order valence-electron chi connectivity index (χ1n) is 14.8. The first kappa shape index (κ1) is 26.4. The fraction of sp³-hybridized carbons (Fsp3) is 0.903. The van der Waals surface area contributed by atoms with Gasteiger partial charge in [-0.2, -0.15) is 0 Å². The van der Waals surface area contributed by atoms with Gasteiger partial charge in [-0.05, 0) is 98.9 Å². The van der Waals surface area contributed by atoms with Gasteiger partial charge in [0.25, 0.3) is 0 Å². The monoisotopic (exact) mass is 472 g/mol. The SMILES string of the molecule is C[C@]12CCC(=O)C=C1C[C@@H](CCCCCCCCCCCO)[C@@H]1[C@@H]2CC[C@@]2(C)[C@H]1CC[C@]2(C)O. The highest BCUT2D eigenvalue weighted by Crippen LogP contribution is 2.69. The van der Waals surface area contributed by atoms with E-state index in [0.717, 1.165) is 44.4 Å². The van der Waals surface area contributed by atoms with Crippen LogP contribution in [-0.4, -0.2) is 28.2 Å². The number of carbonyl (C=O) groups excluding carboxylic acids is 1. The summed E-state index contributed by atoms with van der Waals surface area (Å²) in [6.45, 7) is 7.33. The van der Waals surface area contributed by atoms with Crippen LogP contribution in [0.5, 0.6) is 0 Å². The summed E-state index contributed by atoms with van der Waals surface area (Å²) in [6.07, 6.45) is 22.2. The van der Waals surface area contributed by atoms with E-state index in [1.165, 1.54) is 76.2 Å². The van der Waals surface area contributed by atoms with Crippen LogP contribution < -0.4 is 0 Å². The number of fused-ring (bicyclic) bond motifs is 5. The van der Waals surface area contributed by atoms with Crippen molar-refractivity contribution in [3.63, 3.8) is 0 Å². The predicted molar refractivity (Wildman–Crippen MR) is 139 cm³/mol. The Morgan fingerprint density at radius 2 is 1.47 bits per heavy atom. The van der Waals surface area contributed by atoms with Gasteiger partial charge >= 0.3 is 0 Å². The van der Waals surface area contributed by atoms with E-state index in [1.54, 1.807) is 0 Å². The third kappa shape index (κ3) is 4.95. The Hall–Kier alpha value is -0.670. The Labute approximate surface area is 209 Å². The van der Waals surface area contributed by atoms with Crippen LogP contribution in [0.4, 0.5) is 0 Å². The molecule has 3 saturated carbocycles. The summed E-state index contributed by atoms with van der Waals surface area (Å²) >= 11 is 0. The quantitative estimate of drug-likeness (QED) is 0.308. The maximum absolute atomic E-state index is 12.4. The van der Waals surface area contributed by atoms with Crippen LogP contribution in [0.15, 0.2) is 11.6 Å². The lowest BCUT2D eigenvalue weighted by Crippen LogP contribution is -2.56. The van der Waals surface area contributed by atoms with Crippen LogP contribution in [0.25, 0.3) is 0 Å². The summed E-state index contributed by atoms with van der Waals surface area (Å²) in [5.74, 6) is 3.09. The fourth-order valence-corrected chi connectivity index (χ4v) is 9.00. The lowest BCUT2D eigenvalue weighted by atomic mass is 9.44. The molecule has 2 N–H and O–H groups in total. The highest BCUT2D eigenvalue weighted by molar-refractivity contribution is 5.91. The topological polar surface area (TPSA) is 57.5 Å². The number of carbonyl (C=O) groups is 1. The number of unbranched alkanes of at least 4 members (excludes halogenated alkanes) is 8. The molecule has 0 aromatic rings. The van der Waals surface area contributed by atoms with E-state index >= 15 is 0 Å². The second kappa shape index (κ2) is 10.8. The van der Waals surface area contributed by atoms with Crippen LogP contribution in [0.2, 0.25) is 0 Å². The van der Waals surface area contributed by atoms with Gasteiger partial charge in [-0.15, -0.1) is 0 Å². The number of aliphatic hydroxyl groups excluding tert-OH is 1. The van der Waals surface area contributed by atoms with Crippen LogP contribution in [0, 0.1) is 34.5 Å². The van der Waals surface area contributed by atoms with Gasteiger partial charge in [-0.3, -0.25) is 4.79 Å². The molecule has 7 atom stereocenters. The van der Waals surface area contributed by atoms with E-state index in [-0.39, 0.29) is 10.8 Å². The number of ketones is 1. The smallest absolute Gasteiger partial charge is 0.155 e. The van der Waals surface area contributed by atoms with Gasteiger partial charge in [0.2, 0.25) is 0 Å². The molecular formula is C31H52O3. The number of rotatable bonds is 11. The van der Waals surface area contributed by atoms with Crippen molar-refractivity contribution in [2.45, 2.75) is 136 Å². The Morgan fingerprint density at radius 1 is 0.853 bits per heavy atom. The minimum atomic E-state index is -0.524. The maximum Gasteiger partial charge on any atom is 0.155 e. The summed E-state index contributed by atoms with van der Waals surface area (Å²) in [4.78, 5) is 12.4. The van der Waals surface area contributed by atoms with Crippen LogP contribution >= 0.6 is 0 Å². The molecule has 4 aliphatic rings. The normalized spacial score (nSPS) is 41.6. The summed E-state index contributed by atoms with van der Waals surface area (Å²) < 4.78 is 0. The molecule has 3 fully saturated rings. The van der Waals surface area contributed by atoms with Crippen molar-refractivity contribution in [3.05, 3.63) is 11.6 Å². The van der Waals surface area contributed by atoms with Gasteiger partial charge in [0.05, 0.1) is 5.60 Å². The fourth-order valence-electron chi connectivity index (χ4n) is 9.00. The molecule has 0 saturated heterocycles. The van der Waals surface area contributed by atoms with Crippen LogP contribution in [0.3, 0.4) is 0 Å². The van der Waals surface area contributed by atoms with Gasteiger partial charge in [-0.1, -0.05) is 70.8 Å². The molecule has 0 amide bonds. The number of hydrogen-bond donors (Lipinski definition) is 2. The molecule has 4 aliphatic carbocycles. The standard InChI is InChI=1S/C31H52O3/c1-29-17-14-25(33)22-24(29)21-23(13-11-9-7-5-4-6-8-10-12-20-32)28-26(29)15-18-30(2)27(28)16-19-31(30,3)34/h22-23,26-28,32,34H,4-21H2,1-3H3/t23-,26+,27+,28-,29+,30+,31+/m1/s1. The zero-order valence-electron chi connectivity index (χ0n) is 22.4. The number of allylic oxidation sites excluding steroid dienone is 1. The summed E-state index contributed by atoms with van der Waals surface area (Å²) in [5.41, 5.74) is 1.22. The third-order valence-corrected chi connectivity index (χ3v) is 11.4. The van der Waals surface area contributed by atoms with Crippen LogP contribution in [-0.2, 0) is 4.79 Å². The average Bonchev–Trinajstić information content (AvgIpc) is 3.05. The minimum Gasteiger partial charge on any atom is -0.396 e. The zero-order chi connectivity index (χ0) is 24.4. The van der Waals surface area contributed by atoms with E-state index in [2.05, 4.69) is 26.8 Å². The lowest BCUT2D eigenvalue weighted by molar-refractivity contribution is -0.135. The van der Waals surface area contributed by atoms with Gasteiger partial charge in [0.15, 0.2) is 5.78 Å². The molecule has 3 nitrogen and oxygen atoms in total. The molecule has 194 valence electrons. The van der Waals surface area contributed by atoms with E-state index in [4.69, 9.17) is 5.11 Å². The molecule has 0 aromatic heterocycles. The van der Waals surface area contributed by atoms with Gasteiger partial charge in [0.1, 0.15) is 0 Å². The molecule has 0 unspecified atom stereocenters. The summed E-state index contributed by atoms with van der Waals surface area (Å²) in [5, 5.41) is 20.2. The Balaban J connectivity index is 1.39. The van der Waals surface area contributed by atoms with Crippen molar-refractivity contribution >= 4 is 5.78 Å². The largest absolute Gasteiger partial charge is 0.396 e. The van der Waals surface area contributed by atoms with Gasteiger partial charge in [0, 0.05) is 13.0 Å². The highest BCUT2D eigenvalue weighted by Gasteiger charge is 2.64. The van der Waals surface area contributed by atoms with Crippen molar-refractivity contribution in [1.29, 1.82) is 0 Å². The molecule has 0 bridgehead atoms. The summed E-state index contributed by atoms with van der Waals surface area (Å²) in [7, 11) is 0. The molecular weight excluding hydrogens is 420 g/mol. The number of hydrogen-bond acceptors (Lipinski definition) is 3. The summed E-state index contributed by atoms with van der Waals surface area (Å²) in [6, 6.07) is 0. The van der Waals surface area contributed by atoms with Crippen molar-refractivity contribution in [2.75, 3.05) is 6.61 Å². The molecule has 34 heavy (non-hydrogen) atoms. The van der Waals surface area contributed by atoms with E-state index in [9.17, 15) is 9.90 Å². The lowest BCUT2D eigenvalue weighted by Gasteiger charge is -2.61. The first-order valence-corrected chi connectivity index (χ1v) is 14.8. The van der Waals surface area contributed by atoms with Crippen LogP contribution in [0.1, 0.15) is 130 Å². The number of aliphatic hydroxyl groups is 2. The van der Waals surface area contributed by atoms with E-state index in [0.29, 0.717) is 30.1 Å². The Bertz CT molecular complexity index is 739. The molecule has 0 heterocycles. The molecule has 0 spiro atoms. The molecule has 0 radical (unpaired) electrons. The molecule has 3 heteroatoms. The average molecular weight is 473 g/mol. The highest BCUT2D eigenvalue weighted by atomic mass is 16.3. The first-order chi connectivity index (χ1) is 16.2. The molecule has 4 rings (SSSR count). The van der Waals surface area contributed by atoms with Crippen molar-refractivity contribution < 1.29 is 15.0 Å². The van der Waals surface area contributed by atoms with Crippen molar-refractivity contribution in [2.24, 2.45) is 34.5 Å². The van der Waals surface area contributed by atoms with Crippen molar-refractivity contribution in [1.82, 2.24) is 0 Å². The van der Waals surface area contributed by atoms with Crippen molar-refractivity contribution in [3.8, 4) is 0 Å². The molecule has 0 aromatic carbocycles. The second-order valence-corrected chi connectivity index (χ2v) is 13.3. The van der Waals surface area contributed by atoms with E-state index in [1.807, 2.05) is 0 Å².